The fourth-order valence-electron chi connectivity index (χ4n) is 3.22. The smallest absolute Gasteiger partial charge is 0.358 e. The highest BCUT2D eigenvalue weighted by atomic mass is 32.1. The third-order valence-corrected chi connectivity index (χ3v) is 4.82. The number of benzene rings is 1. The van der Waals surface area contributed by atoms with Gasteiger partial charge in [-0.3, -0.25) is 4.79 Å². The molecule has 126 valence electrons. The molecule has 2 rings (SSSR count). The Kier molecular flexibility index (Phi) is 4.99. The molecule has 1 saturated carbocycles. The predicted molar refractivity (Wildman–Crippen MR) is 92.5 cm³/mol. The summed E-state index contributed by atoms with van der Waals surface area (Å²) in [6.45, 7) is 9.92. The normalized spacial score (nSPS) is 23.2. The SMILES string of the molecule is Cc1ccc(OC(=S)OC(C(C)C)[C@@H]2[C@H](C(=O)O)C2(C)C)cc1. The number of hydrogen-bond acceptors (Lipinski definition) is 4. The topological polar surface area (TPSA) is 55.8 Å². The van der Waals surface area contributed by atoms with Crippen LogP contribution in [0.3, 0.4) is 0 Å². The molecule has 0 aromatic heterocycles. The molecule has 1 aromatic rings. The quantitative estimate of drug-likeness (QED) is 0.822. The van der Waals surface area contributed by atoms with Crippen LogP contribution in [-0.2, 0) is 9.53 Å². The van der Waals surface area contributed by atoms with Crippen LogP contribution in [-0.4, -0.2) is 22.4 Å². The summed E-state index contributed by atoms with van der Waals surface area (Å²) < 4.78 is 11.4. The van der Waals surface area contributed by atoms with E-state index in [0.717, 1.165) is 5.56 Å². The molecule has 1 N–H and O–H groups in total. The summed E-state index contributed by atoms with van der Waals surface area (Å²) in [6, 6.07) is 7.53. The van der Waals surface area contributed by atoms with E-state index in [1.807, 2.05) is 58.9 Å². The van der Waals surface area contributed by atoms with E-state index in [0.29, 0.717) is 5.75 Å². The van der Waals surface area contributed by atoms with Gasteiger partial charge in [0.15, 0.2) is 0 Å². The number of aliphatic carboxylic acids is 1. The van der Waals surface area contributed by atoms with Crippen LogP contribution in [0.4, 0.5) is 0 Å². The minimum Gasteiger partial charge on any atom is -0.481 e. The molecule has 0 spiro atoms. The van der Waals surface area contributed by atoms with Crippen molar-refractivity contribution in [1.29, 1.82) is 0 Å². The summed E-state index contributed by atoms with van der Waals surface area (Å²) in [4.78, 5) is 11.4. The predicted octanol–water partition coefficient (Wildman–Crippen LogP) is 4.06. The van der Waals surface area contributed by atoms with Crippen molar-refractivity contribution in [3.63, 3.8) is 0 Å². The standard InChI is InChI=1S/C18H24O4S/c1-10(2)15(13-14(16(19)20)18(13,4)5)22-17(23)21-12-8-6-11(3)7-9-12/h6-10,13-15H,1-5H3,(H,19,20)/t13-,14+,15?/m0/s1. The van der Waals surface area contributed by atoms with Crippen molar-refractivity contribution >= 4 is 23.4 Å². The lowest BCUT2D eigenvalue weighted by atomic mass is 9.97. The van der Waals surface area contributed by atoms with Crippen molar-refractivity contribution in [3.8, 4) is 5.75 Å². The summed E-state index contributed by atoms with van der Waals surface area (Å²) in [7, 11) is 0. The number of thiocarbonyl (C=S) groups is 1. The molecule has 5 heteroatoms. The summed E-state index contributed by atoms with van der Waals surface area (Å²) in [5.41, 5.74) is 0.841. The fraction of sp³-hybridized carbons (Fsp3) is 0.556. The van der Waals surface area contributed by atoms with Gasteiger partial charge in [-0.15, -0.1) is 0 Å². The summed E-state index contributed by atoms with van der Waals surface area (Å²) >= 11 is 5.20. The van der Waals surface area contributed by atoms with Crippen LogP contribution in [0.5, 0.6) is 5.75 Å². The second-order valence-electron chi connectivity index (χ2n) is 7.15. The summed E-state index contributed by atoms with van der Waals surface area (Å²) in [6.07, 6.45) is -0.274. The Morgan fingerprint density at radius 1 is 1.26 bits per heavy atom. The largest absolute Gasteiger partial charge is 0.481 e. The Bertz CT molecular complexity index is 592. The lowest BCUT2D eigenvalue weighted by Crippen LogP contribution is -2.29. The van der Waals surface area contributed by atoms with Crippen molar-refractivity contribution in [2.24, 2.45) is 23.2 Å². The van der Waals surface area contributed by atoms with Crippen molar-refractivity contribution in [2.75, 3.05) is 0 Å². The molecule has 0 amide bonds. The van der Waals surface area contributed by atoms with Crippen LogP contribution < -0.4 is 4.74 Å². The number of ether oxygens (including phenoxy) is 2. The summed E-state index contributed by atoms with van der Waals surface area (Å²) in [5, 5.41) is 9.41. The van der Waals surface area contributed by atoms with E-state index in [1.165, 1.54) is 0 Å². The van der Waals surface area contributed by atoms with Crippen molar-refractivity contribution in [3.05, 3.63) is 29.8 Å². The van der Waals surface area contributed by atoms with E-state index in [-0.39, 0.29) is 28.6 Å². The van der Waals surface area contributed by atoms with E-state index in [2.05, 4.69) is 0 Å². The maximum absolute atomic E-state index is 11.4. The highest BCUT2D eigenvalue weighted by molar-refractivity contribution is 7.79. The van der Waals surface area contributed by atoms with E-state index >= 15 is 0 Å². The van der Waals surface area contributed by atoms with Crippen LogP contribution in [0, 0.1) is 30.1 Å². The second-order valence-corrected chi connectivity index (χ2v) is 7.49. The molecule has 1 fully saturated rings. The van der Waals surface area contributed by atoms with Gasteiger partial charge in [0.25, 0.3) is 0 Å². The third-order valence-electron chi connectivity index (χ3n) is 4.64. The van der Waals surface area contributed by atoms with Crippen molar-refractivity contribution in [2.45, 2.75) is 40.7 Å². The number of carbonyl (C=O) groups is 1. The molecule has 0 aliphatic heterocycles. The van der Waals surface area contributed by atoms with E-state index in [4.69, 9.17) is 21.7 Å². The van der Waals surface area contributed by atoms with Crippen LogP contribution in [0.25, 0.3) is 0 Å². The highest BCUT2D eigenvalue weighted by Crippen LogP contribution is 2.61. The van der Waals surface area contributed by atoms with Gasteiger partial charge in [0, 0.05) is 18.1 Å². The van der Waals surface area contributed by atoms with E-state index < -0.39 is 11.9 Å². The van der Waals surface area contributed by atoms with Gasteiger partial charge in [0.2, 0.25) is 0 Å². The molecule has 0 saturated heterocycles. The zero-order valence-corrected chi connectivity index (χ0v) is 15.0. The van der Waals surface area contributed by atoms with E-state index in [9.17, 15) is 9.90 Å². The monoisotopic (exact) mass is 336 g/mol. The van der Waals surface area contributed by atoms with Gasteiger partial charge in [-0.05, 0) is 30.4 Å². The third kappa shape index (κ3) is 3.83. The Hall–Kier alpha value is -1.62. The van der Waals surface area contributed by atoms with Crippen LogP contribution in [0.15, 0.2) is 24.3 Å². The minimum absolute atomic E-state index is 0.0411. The first-order valence-corrected chi connectivity index (χ1v) is 8.23. The molecule has 1 unspecified atom stereocenters. The molecule has 23 heavy (non-hydrogen) atoms. The average Bonchev–Trinajstić information content (AvgIpc) is 3.01. The summed E-state index contributed by atoms with van der Waals surface area (Å²) in [5.74, 6) is -0.493. The second kappa shape index (κ2) is 6.48. The fourth-order valence-corrected chi connectivity index (χ4v) is 3.43. The highest BCUT2D eigenvalue weighted by Gasteiger charge is 2.66. The number of rotatable bonds is 5. The van der Waals surface area contributed by atoms with Crippen LogP contribution in [0.2, 0.25) is 0 Å². The molecule has 0 radical (unpaired) electrons. The van der Waals surface area contributed by atoms with Gasteiger partial charge < -0.3 is 14.6 Å². The molecule has 1 aromatic carbocycles. The zero-order valence-electron chi connectivity index (χ0n) is 14.2. The molecule has 0 heterocycles. The minimum atomic E-state index is -0.778. The van der Waals surface area contributed by atoms with Crippen molar-refractivity contribution in [1.82, 2.24) is 0 Å². The van der Waals surface area contributed by atoms with Gasteiger partial charge >= 0.3 is 11.2 Å². The number of hydrogen-bond donors (Lipinski definition) is 1. The van der Waals surface area contributed by atoms with Crippen molar-refractivity contribution < 1.29 is 19.4 Å². The maximum Gasteiger partial charge on any atom is 0.358 e. The Balaban J connectivity index is 2.04. The lowest BCUT2D eigenvalue weighted by molar-refractivity contribution is -0.139. The maximum atomic E-state index is 11.4. The zero-order chi connectivity index (χ0) is 17.4. The molecular weight excluding hydrogens is 312 g/mol. The number of aryl methyl sites for hydroxylation is 1. The van der Waals surface area contributed by atoms with Gasteiger partial charge in [0.1, 0.15) is 11.9 Å². The number of carboxylic acids is 1. The Labute approximate surface area is 142 Å². The molecule has 3 atom stereocenters. The van der Waals surface area contributed by atoms with Crippen LogP contribution in [0.1, 0.15) is 33.3 Å². The Morgan fingerprint density at radius 3 is 2.26 bits per heavy atom. The molecular formula is C18H24O4S. The van der Waals surface area contributed by atoms with Gasteiger partial charge in [-0.2, -0.15) is 0 Å². The van der Waals surface area contributed by atoms with Gasteiger partial charge in [-0.25, -0.2) is 0 Å². The number of carboxylic acid groups (broad SMARTS) is 1. The van der Waals surface area contributed by atoms with Gasteiger partial charge in [-0.1, -0.05) is 45.4 Å². The first kappa shape index (κ1) is 17.7. The first-order valence-electron chi connectivity index (χ1n) is 7.82. The first-order chi connectivity index (χ1) is 10.6. The Morgan fingerprint density at radius 2 is 1.83 bits per heavy atom. The molecule has 0 bridgehead atoms. The van der Waals surface area contributed by atoms with E-state index in [1.54, 1.807) is 0 Å². The average molecular weight is 336 g/mol. The molecule has 4 nitrogen and oxygen atoms in total. The lowest BCUT2D eigenvalue weighted by Gasteiger charge is -2.24. The van der Waals surface area contributed by atoms with Crippen LogP contribution >= 0.6 is 12.2 Å². The molecule has 1 aliphatic carbocycles. The molecule has 1 aliphatic rings. The van der Waals surface area contributed by atoms with Gasteiger partial charge in [0.05, 0.1) is 5.92 Å².